The van der Waals surface area contributed by atoms with Crippen LogP contribution in [-0.4, -0.2) is 64.3 Å². The summed E-state index contributed by atoms with van der Waals surface area (Å²) in [6.45, 7) is 4.37. The molecule has 0 saturated carbocycles. The number of aromatic nitrogens is 3. The predicted octanol–water partition coefficient (Wildman–Crippen LogP) is 4.18. The maximum atomic E-state index is 14.4. The number of rotatable bonds is 6. The Labute approximate surface area is 226 Å². The number of carbonyl (C=O) groups excluding carboxylic acids is 2. The van der Waals surface area contributed by atoms with Gasteiger partial charge in [0.15, 0.2) is 17.4 Å². The van der Waals surface area contributed by atoms with E-state index < -0.39 is 30.1 Å². The highest BCUT2D eigenvalue weighted by Gasteiger charge is 2.39. The lowest BCUT2D eigenvalue weighted by Gasteiger charge is -2.23. The first-order valence-electron chi connectivity index (χ1n) is 11.4. The normalized spacial score (nSPS) is 18.2. The van der Waals surface area contributed by atoms with Crippen LogP contribution < -0.4 is 15.5 Å². The smallest absolute Gasteiger partial charge is 0.416 e. The van der Waals surface area contributed by atoms with Crippen molar-refractivity contribution in [1.82, 2.24) is 20.4 Å². The van der Waals surface area contributed by atoms with Crippen LogP contribution >= 0.6 is 23.2 Å². The number of amides is 2. The maximum absolute atomic E-state index is 14.4. The maximum Gasteiger partial charge on any atom is 0.416 e. The molecule has 2 aliphatic heterocycles. The average molecular weight is 569 g/mol. The molecule has 1 unspecified atom stereocenters. The number of nitrogens with zero attached hydrogens (tertiary/aromatic N) is 4. The molecule has 15 heteroatoms. The third-order valence-corrected chi connectivity index (χ3v) is 6.28. The topological polar surface area (TPSA) is 152 Å². The number of anilines is 2. The fraction of sp³-hybridized carbons (Fsp3) is 0.348. The van der Waals surface area contributed by atoms with Crippen molar-refractivity contribution in [3.8, 4) is 11.3 Å². The minimum atomic E-state index is -0.944. The minimum absolute atomic E-state index is 0.0467. The number of benzene rings is 1. The number of hydrogen-bond acceptors (Lipinski definition) is 10. The second-order valence-electron chi connectivity index (χ2n) is 8.29. The Balaban J connectivity index is 0.000000494. The Hall–Kier alpha value is -3.68. The standard InChI is InChI=1S/C20H18Cl2FN5O4.C3H5NO2/c1-9(17-6-15(27-32-17)11-3-4-12(21)13(22)5-11)25-19-24-7-14(23)18(26-19)28-16(10(2)29)8-31-20(28)30;5-3-4-1-2-6-3/h3-7,9-10,16,29H,8H2,1-2H3,(H,24,25,26);1-2H2,(H,4,5)/t9-,10+,16?;/m0./s1. The monoisotopic (exact) mass is 568 g/mol. The third kappa shape index (κ3) is 6.23. The van der Waals surface area contributed by atoms with Gasteiger partial charge in [-0.2, -0.15) is 4.98 Å². The zero-order valence-corrected chi connectivity index (χ0v) is 21.7. The summed E-state index contributed by atoms with van der Waals surface area (Å²) in [5.74, 6) is -0.611. The van der Waals surface area contributed by atoms with Gasteiger partial charge in [-0.15, -0.1) is 0 Å². The molecule has 5 rings (SSSR count). The summed E-state index contributed by atoms with van der Waals surface area (Å²) in [4.78, 5) is 31.0. The molecular formula is C23H23Cl2FN6O6. The molecule has 2 fully saturated rings. The van der Waals surface area contributed by atoms with Crippen molar-refractivity contribution in [3.05, 3.63) is 52.1 Å². The van der Waals surface area contributed by atoms with E-state index in [2.05, 4.69) is 30.5 Å². The number of hydrogen-bond donors (Lipinski definition) is 3. The van der Waals surface area contributed by atoms with Gasteiger partial charge in [0, 0.05) is 11.6 Å². The van der Waals surface area contributed by atoms with E-state index in [4.69, 9.17) is 32.5 Å². The number of carbonyl (C=O) groups is 2. The molecule has 3 aromatic rings. The van der Waals surface area contributed by atoms with Gasteiger partial charge in [-0.25, -0.2) is 23.9 Å². The Bertz CT molecular complexity index is 1320. The highest BCUT2D eigenvalue weighted by atomic mass is 35.5. The molecule has 38 heavy (non-hydrogen) atoms. The molecule has 3 N–H and O–H groups in total. The van der Waals surface area contributed by atoms with Gasteiger partial charge in [-0.1, -0.05) is 34.4 Å². The minimum Gasteiger partial charge on any atom is -0.448 e. The van der Waals surface area contributed by atoms with E-state index in [0.29, 0.717) is 34.7 Å². The number of aliphatic hydroxyl groups excluding tert-OH is 1. The quantitative estimate of drug-likeness (QED) is 0.394. The molecule has 0 radical (unpaired) electrons. The molecule has 12 nitrogen and oxygen atoms in total. The van der Waals surface area contributed by atoms with Crippen molar-refractivity contribution in [3.63, 3.8) is 0 Å². The van der Waals surface area contributed by atoms with Crippen molar-refractivity contribution in [2.45, 2.75) is 32.0 Å². The molecule has 0 bridgehead atoms. The van der Waals surface area contributed by atoms with Crippen LogP contribution in [0.4, 0.5) is 25.7 Å². The molecular weight excluding hydrogens is 546 g/mol. The summed E-state index contributed by atoms with van der Waals surface area (Å²) >= 11 is 12.0. The first kappa shape index (κ1) is 27.4. The van der Waals surface area contributed by atoms with Crippen LogP contribution in [-0.2, 0) is 9.47 Å². The van der Waals surface area contributed by atoms with E-state index in [1.807, 2.05) is 0 Å². The van der Waals surface area contributed by atoms with Gasteiger partial charge in [-0.3, -0.25) is 0 Å². The Kier molecular flexibility index (Phi) is 8.49. The van der Waals surface area contributed by atoms with Crippen molar-refractivity contribution >= 4 is 47.2 Å². The van der Waals surface area contributed by atoms with E-state index in [1.54, 1.807) is 31.2 Å². The first-order chi connectivity index (χ1) is 18.1. The summed E-state index contributed by atoms with van der Waals surface area (Å²) < 4.78 is 29.2. The molecule has 2 amide bonds. The molecule has 0 aliphatic carbocycles. The Morgan fingerprint density at radius 2 is 2.00 bits per heavy atom. The number of ether oxygens (including phenoxy) is 2. The van der Waals surface area contributed by atoms with E-state index in [0.717, 1.165) is 16.7 Å². The summed E-state index contributed by atoms with van der Waals surface area (Å²) in [7, 11) is 0. The lowest BCUT2D eigenvalue weighted by atomic mass is 10.1. The molecule has 202 valence electrons. The van der Waals surface area contributed by atoms with Crippen LogP contribution in [0.2, 0.25) is 10.0 Å². The van der Waals surface area contributed by atoms with Crippen LogP contribution in [0.5, 0.6) is 0 Å². The van der Waals surface area contributed by atoms with Crippen LogP contribution in [0, 0.1) is 5.82 Å². The van der Waals surface area contributed by atoms with Crippen LogP contribution in [0.1, 0.15) is 25.6 Å². The van der Waals surface area contributed by atoms with Crippen molar-refractivity contribution in [2.24, 2.45) is 0 Å². The molecule has 2 saturated heterocycles. The highest BCUT2D eigenvalue weighted by molar-refractivity contribution is 6.42. The molecule has 2 aliphatic rings. The van der Waals surface area contributed by atoms with Crippen molar-refractivity contribution in [2.75, 3.05) is 30.0 Å². The third-order valence-electron chi connectivity index (χ3n) is 5.54. The summed E-state index contributed by atoms with van der Waals surface area (Å²) in [5, 5.41) is 20.2. The SMILES string of the molecule is C[C@H](Nc1ncc(F)c(N2C(=O)OCC2[C@@H](C)O)n1)c1cc(-c2ccc(Cl)c(Cl)c2)no1.O=C1NCCO1. The van der Waals surface area contributed by atoms with Gasteiger partial charge in [0.25, 0.3) is 0 Å². The van der Waals surface area contributed by atoms with E-state index >= 15 is 0 Å². The van der Waals surface area contributed by atoms with E-state index in [9.17, 15) is 19.1 Å². The lowest BCUT2D eigenvalue weighted by molar-refractivity contribution is 0.142. The number of aliphatic hydroxyl groups is 1. The van der Waals surface area contributed by atoms with Crippen LogP contribution in [0.3, 0.4) is 0 Å². The number of cyclic esters (lactones) is 2. The van der Waals surface area contributed by atoms with Gasteiger partial charge in [0.05, 0.1) is 34.9 Å². The van der Waals surface area contributed by atoms with Gasteiger partial charge in [-0.05, 0) is 26.0 Å². The van der Waals surface area contributed by atoms with Gasteiger partial charge in [0.1, 0.15) is 24.9 Å². The average Bonchev–Trinajstić information content (AvgIpc) is 3.64. The van der Waals surface area contributed by atoms with Crippen LogP contribution in [0.15, 0.2) is 35.0 Å². The number of alkyl carbamates (subject to hydrolysis) is 1. The zero-order valence-electron chi connectivity index (χ0n) is 20.2. The van der Waals surface area contributed by atoms with E-state index in [1.165, 1.54) is 6.92 Å². The van der Waals surface area contributed by atoms with Gasteiger partial charge >= 0.3 is 12.2 Å². The first-order valence-corrected chi connectivity index (χ1v) is 12.2. The molecule has 4 heterocycles. The largest absolute Gasteiger partial charge is 0.448 e. The van der Waals surface area contributed by atoms with Crippen molar-refractivity contribution < 1.29 is 33.1 Å². The van der Waals surface area contributed by atoms with Gasteiger partial charge in [0.2, 0.25) is 5.95 Å². The second-order valence-corrected chi connectivity index (χ2v) is 9.11. The summed E-state index contributed by atoms with van der Waals surface area (Å²) in [5.41, 5.74) is 1.27. The second kappa shape index (κ2) is 11.8. The van der Waals surface area contributed by atoms with Crippen LogP contribution in [0.25, 0.3) is 11.3 Å². The molecule has 0 spiro atoms. The Morgan fingerprint density at radius 1 is 1.21 bits per heavy atom. The molecule has 1 aromatic carbocycles. The fourth-order valence-electron chi connectivity index (χ4n) is 3.53. The molecule has 3 atom stereocenters. The highest BCUT2D eigenvalue weighted by Crippen LogP contribution is 2.31. The Morgan fingerprint density at radius 3 is 2.63 bits per heavy atom. The fourth-order valence-corrected chi connectivity index (χ4v) is 3.83. The van der Waals surface area contributed by atoms with Gasteiger partial charge < -0.3 is 29.7 Å². The summed E-state index contributed by atoms with van der Waals surface area (Å²) in [6, 6.07) is 5.59. The molecule has 2 aromatic heterocycles. The van der Waals surface area contributed by atoms with Crippen molar-refractivity contribution in [1.29, 1.82) is 0 Å². The number of nitrogens with one attached hydrogen (secondary N) is 2. The summed E-state index contributed by atoms with van der Waals surface area (Å²) in [6.07, 6.45) is -1.10. The van der Waals surface area contributed by atoms with E-state index in [-0.39, 0.29) is 24.5 Å². The lowest BCUT2D eigenvalue weighted by Crippen LogP contribution is -2.42. The predicted molar refractivity (Wildman–Crippen MR) is 135 cm³/mol. The zero-order chi connectivity index (χ0) is 27.4. The number of halogens is 3.